The van der Waals surface area contributed by atoms with Gasteiger partial charge in [0.1, 0.15) is 0 Å². The van der Waals surface area contributed by atoms with Gasteiger partial charge >= 0.3 is 0 Å². The van der Waals surface area contributed by atoms with Crippen LogP contribution in [0.5, 0.6) is 11.5 Å². The average Bonchev–Trinajstić information content (AvgIpc) is 2.74. The number of fused-ring (bicyclic) bond motifs is 1. The lowest BCUT2D eigenvalue weighted by Crippen LogP contribution is -2.28. The highest BCUT2D eigenvalue weighted by Crippen LogP contribution is 2.38. The van der Waals surface area contributed by atoms with E-state index in [2.05, 4.69) is 33.4 Å². The third kappa shape index (κ3) is 4.11. The summed E-state index contributed by atoms with van der Waals surface area (Å²) in [5.41, 5.74) is 1.21. The van der Waals surface area contributed by atoms with E-state index < -0.39 is 0 Å². The van der Waals surface area contributed by atoms with Crippen LogP contribution in [0.15, 0.2) is 16.6 Å². The molecular weight excluding hydrogens is 334 g/mol. The SMILES string of the molecule is Brc1cc(CNCC2CCCOC2)cc2c1OCCCO2. The van der Waals surface area contributed by atoms with Crippen molar-refractivity contribution in [1.82, 2.24) is 5.32 Å². The quantitative estimate of drug-likeness (QED) is 0.900. The van der Waals surface area contributed by atoms with E-state index >= 15 is 0 Å². The molecule has 1 fully saturated rings. The third-order valence-electron chi connectivity index (χ3n) is 3.88. The predicted octanol–water partition coefficient (Wildman–Crippen LogP) is 3.13. The van der Waals surface area contributed by atoms with Crippen LogP contribution >= 0.6 is 15.9 Å². The average molecular weight is 356 g/mol. The summed E-state index contributed by atoms with van der Waals surface area (Å²) in [6, 6.07) is 4.19. The number of hydrogen-bond acceptors (Lipinski definition) is 4. The van der Waals surface area contributed by atoms with Crippen LogP contribution in [0.4, 0.5) is 0 Å². The first kappa shape index (κ1) is 15.1. The number of nitrogens with one attached hydrogen (secondary N) is 1. The zero-order chi connectivity index (χ0) is 14.5. The van der Waals surface area contributed by atoms with E-state index in [0.717, 1.165) is 55.3 Å². The van der Waals surface area contributed by atoms with Crippen LogP contribution in [0.2, 0.25) is 0 Å². The van der Waals surface area contributed by atoms with Crippen molar-refractivity contribution >= 4 is 15.9 Å². The summed E-state index contributed by atoms with van der Waals surface area (Å²) in [7, 11) is 0. The van der Waals surface area contributed by atoms with E-state index in [1.165, 1.54) is 18.4 Å². The van der Waals surface area contributed by atoms with Crippen LogP contribution in [0, 0.1) is 5.92 Å². The Balaban J connectivity index is 1.57. The monoisotopic (exact) mass is 355 g/mol. The summed E-state index contributed by atoms with van der Waals surface area (Å²) in [6.45, 7) is 5.09. The number of hydrogen-bond donors (Lipinski definition) is 1. The molecule has 2 aliphatic heterocycles. The molecule has 116 valence electrons. The van der Waals surface area contributed by atoms with Crippen molar-refractivity contribution in [3.63, 3.8) is 0 Å². The van der Waals surface area contributed by atoms with Crippen molar-refractivity contribution in [2.75, 3.05) is 33.0 Å². The second-order valence-corrected chi connectivity index (χ2v) is 6.52. The van der Waals surface area contributed by atoms with Gasteiger partial charge in [-0.15, -0.1) is 0 Å². The van der Waals surface area contributed by atoms with Gasteiger partial charge in [0.25, 0.3) is 0 Å². The highest BCUT2D eigenvalue weighted by molar-refractivity contribution is 9.10. The Labute approximate surface area is 134 Å². The molecular formula is C16H22BrNO3. The molecule has 0 radical (unpaired) electrons. The van der Waals surface area contributed by atoms with Crippen LogP contribution in [0.25, 0.3) is 0 Å². The minimum atomic E-state index is 0.641. The van der Waals surface area contributed by atoms with Gasteiger partial charge in [-0.1, -0.05) is 0 Å². The van der Waals surface area contributed by atoms with Crippen LogP contribution < -0.4 is 14.8 Å². The molecule has 0 spiro atoms. The molecule has 1 saturated heterocycles. The van der Waals surface area contributed by atoms with E-state index in [9.17, 15) is 0 Å². The number of rotatable bonds is 4. The van der Waals surface area contributed by atoms with Gasteiger partial charge in [0.15, 0.2) is 11.5 Å². The van der Waals surface area contributed by atoms with Gasteiger partial charge in [0.2, 0.25) is 0 Å². The Morgan fingerprint density at radius 3 is 2.90 bits per heavy atom. The van der Waals surface area contributed by atoms with Crippen molar-refractivity contribution in [3.05, 3.63) is 22.2 Å². The van der Waals surface area contributed by atoms with Crippen LogP contribution in [0.1, 0.15) is 24.8 Å². The van der Waals surface area contributed by atoms with Crippen LogP contribution in [-0.4, -0.2) is 33.0 Å². The van der Waals surface area contributed by atoms with Crippen molar-refractivity contribution < 1.29 is 14.2 Å². The van der Waals surface area contributed by atoms with E-state index in [-0.39, 0.29) is 0 Å². The molecule has 0 saturated carbocycles. The maximum atomic E-state index is 5.76. The van der Waals surface area contributed by atoms with Gasteiger partial charge in [0, 0.05) is 26.1 Å². The second-order valence-electron chi connectivity index (χ2n) is 5.67. The van der Waals surface area contributed by atoms with E-state index in [4.69, 9.17) is 14.2 Å². The minimum Gasteiger partial charge on any atom is -0.490 e. The molecule has 5 heteroatoms. The summed E-state index contributed by atoms with van der Waals surface area (Å²) >= 11 is 3.58. The van der Waals surface area contributed by atoms with E-state index in [0.29, 0.717) is 12.5 Å². The van der Waals surface area contributed by atoms with Gasteiger partial charge in [-0.3, -0.25) is 0 Å². The Kier molecular flexibility index (Phi) is 5.38. The molecule has 1 N–H and O–H groups in total. The molecule has 1 aromatic rings. The van der Waals surface area contributed by atoms with Gasteiger partial charge < -0.3 is 19.5 Å². The highest BCUT2D eigenvalue weighted by Gasteiger charge is 2.16. The number of benzene rings is 1. The summed E-state index contributed by atoms with van der Waals surface area (Å²) in [5, 5.41) is 3.52. The first-order valence-electron chi connectivity index (χ1n) is 7.69. The van der Waals surface area contributed by atoms with Gasteiger partial charge in [0.05, 0.1) is 24.3 Å². The number of halogens is 1. The lowest BCUT2D eigenvalue weighted by Gasteiger charge is -2.22. The molecule has 4 nitrogen and oxygen atoms in total. The second kappa shape index (κ2) is 7.47. The molecule has 0 aromatic heterocycles. The minimum absolute atomic E-state index is 0.641. The van der Waals surface area contributed by atoms with Crippen molar-refractivity contribution in [2.45, 2.75) is 25.8 Å². The Morgan fingerprint density at radius 1 is 1.14 bits per heavy atom. The maximum Gasteiger partial charge on any atom is 0.175 e. The lowest BCUT2D eigenvalue weighted by molar-refractivity contribution is 0.0547. The molecule has 0 bridgehead atoms. The highest BCUT2D eigenvalue weighted by atomic mass is 79.9. The normalized spacial score (nSPS) is 21.9. The van der Waals surface area contributed by atoms with Gasteiger partial charge in [-0.25, -0.2) is 0 Å². The van der Waals surface area contributed by atoms with E-state index in [1.807, 2.05) is 0 Å². The summed E-state index contributed by atoms with van der Waals surface area (Å²) < 4.78 is 18.0. The molecule has 2 heterocycles. The molecule has 2 aliphatic rings. The zero-order valence-electron chi connectivity index (χ0n) is 12.2. The fourth-order valence-electron chi connectivity index (χ4n) is 2.78. The van der Waals surface area contributed by atoms with Crippen LogP contribution in [0.3, 0.4) is 0 Å². The lowest BCUT2D eigenvalue weighted by atomic mass is 10.0. The van der Waals surface area contributed by atoms with Gasteiger partial charge in [-0.2, -0.15) is 0 Å². The molecule has 0 aliphatic carbocycles. The molecule has 21 heavy (non-hydrogen) atoms. The molecule has 1 atom stereocenters. The van der Waals surface area contributed by atoms with Crippen molar-refractivity contribution in [2.24, 2.45) is 5.92 Å². The number of ether oxygens (including phenoxy) is 3. The molecule has 3 rings (SSSR count). The first-order chi connectivity index (χ1) is 10.3. The topological polar surface area (TPSA) is 39.7 Å². The fraction of sp³-hybridized carbons (Fsp3) is 0.625. The zero-order valence-corrected chi connectivity index (χ0v) is 13.8. The standard InChI is InChI=1S/C16H22BrNO3/c17-14-7-13(8-15-16(14)21-6-2-5-20-15)10-18-9-12-3-1-4-19-11-12/h7-8,12,18H,1-6,9-11H2. The fourth-order valence-corrected chi connectivity index (χ4v) is 3.38. The third-order valence-corrected chi connectivity index (χ3v) is 4.47. The van der Waals surface area contributed by atoms with Crippen molar-refractivity contribution in [3.8, 4) is 11.5 Å². The predicted molar refractivity (Wildman–Crippen MR) is 85.0 cm³/mol. The summed E-state index contributed by atoms with van der Waals surface area (Å²) in [6.07, 6.45) is 3.37. The Bertz CT molecular complexity index is 475. The van der Waals surface area contributed by atoms with E-state index in [1.54, 1.807) is 0 Å². The molecule has 0 amide bonds. The van der Waals surface area contributed by atoms with Crippen LogP contribution in [-0.2, 0) is 11.3 Å². The smallest absolute Gasteiger partial charge is 0.175 e. The first-order valence-corrected chi connectivity index (χ1v) is 8.49. The largest absolute Gasteiger partial charge is 0.490 e. The summed E-state index contributed by atoms with van der Waals surface area (Å²) in [4.78, 5) is 0. The Hall–Kier alpha value is -0.780. The van der Waals surface area contributed by atoms with Crippen molar-refractivity contribution in [1.29, 1.82) is 0 Å². The summed E-state index contributed by atoms with van der Waals surface area (Å²) in [5.74, 6) is 2.32. The molecule has 1 aromatic carbocycles. The van der Waals surface area contributed by atoms with Gasteiger partial charge in [-0.05, 0) is 52.4 Å². The maximum absolute atomic E-state index is 5.76. The Morgan fingerprint density at radius 2 is 2.05 bits per heavy atom. The molecule has 1 unspecified atom stereocenters.